The molecule has 0 spiro atoms. The standard InChI is InChI=1S/C15H14Cl2N2O3/c1-21-10-3-4-13(12(18)7-10)19-15(20)8-22-14-5-2-9(16)6-11(14)17/h2-7H,8,18H2,1H3,(H,19,20). The van der Waals surface area contributed by atoms with Gasteiger partial charge in [-0.3, -0.25) is 4.79 Å². The lowest BCUT2D eigenvalue weighted by Gasteiger charge is -2.11. The van der Waals surface area contributed by atoms with Gasteiger partial charge in [0, 0.05) is 11.1 Å². The molecule has 0 unspecified atom stereocenters. The maximum Gasteiger partial charge on any atom is 0.262 e. The van der Waals surface area contributed by atoms with Crippen molar-refractivity contribution in [3.05, 3.63) is 46.4 Å². The van der Waals surface area contributed by atoms with Crippen LogP contribution in [0.4, 0.5) is 11.4 Å². The maximum atomic E-state index is 11.9. The zero-order valence-corrected chi connectivity index (χ0v) is 13.2. The molecule has 0 saturated carbocycles. The number of nitrogen functional groups attached to an aromatic ring is 1. The average Bonchev–Trinajstić information content (AvgIpc) is 2.48. The summed E-state index contributed by atoms with van der Waals surface area (Å²) in [6.07, 6.45) is 0. The molecular weight excluding hydrogens is 327 g/mol. The third kappa shape index (κ3) is 4.19. The number of halogens is 2. The highest BCUT2D eigenvalue weighted by Gasteiger charge is 2.09. The monoisotopic (exact) mass is 340 g/mol. The molecule has 22 heavy (non-hydrogen) atoms. The second-order valence-electron chi connectivity index (χ2n) is 4.36. The lowest BCUT2D eigenvalue weighted by atomic mass is 10.2. The lowest BCUT2D eigenvalue weighted by Crippen LogP contribution is -2.20. The minimum absolute atomic E-state index is 0.202. The van der Waals surface area contributed by atoms with Gasteiger partial charge in [0.1, 0.15) is 11.5 Å². The third-order valence-electron chi connectivity index (χ3n) is 2.79. The quantitative estimate of drug-likeness (QED) is 0.815. The Morgan fingerprint density at radius 1 is 1.23 bits per heavy atom. The summed E-state index contributed by atoms with van der Waals surface area (Å²) in [6, 6.07) is 9.73. The van der Waals surface area contributed by atoms with E-state index in [4.69, 9.17) is 38.4 Å². The number of nitrogens with one attached hydrogen (secondary N) is 1. The van der Waals surface area contributed by atoms with Gasteiger partial charge in [-0.05, 0) is 30.3 Å². The summed E-state index contributed by atoms with van der Waals surface area (Å²) in [4.78, 5) is 11.9. The van der Waals surface area contributed by atoms with Crippen LogP contribution >= 0.6 is 23.2 Å². The number of methoxy groups -OCH3 is 1. The van der Waals surface area contributed by atoms with Gasteiger partial charge in [-0.15, -0.1) is 0 Å². The van der Waals surface area contributed by atoms with Crippen LogP contribution in [0.15, 0.2) is 36.4 Å². The SMILES string of the molecule is COc1ccc(NC(=O)COc2ccc(Cl)cc2Cl)c(N)c1. The zero-order valence-electron chi connectivity index (χ0n) is 11.7. The summed E-state index contributed by atoms with van der Waals surface area (Å²) in [6.45, 7) is -0.202. The molecule has 2 rings (SSSR count). The number of carbonyl (C=O) groups is 1. The van der Waals surface area contributed by atoms with Crippen molar-refractivity contribution in [1.29, 1.82) is 0 Å². The second kappa shape index (κ2) is 7.24. The number of nitrogens with two attached hydrogens (primary N) is 1. The zero-order chi connectivity index (χ0) is 16.1. The molecule has 116 valence electrons. The molecule has 3 N–H and O–H groups in total. The van der Waals surface area contributed by atoms with Crippen LogP contribution in [-0.4, -0.2) is 19.6 Å². The molecule has 0 bridgehead atoms. The smallest absolute Gasteiger partial charge is 0.262 e. The Bertz CT molecular complexity index is 692. The molecule has 0 aliphatic rings. The highest BCUT2D eigenvalue weighted by atomic mass is 35.5. The van der Waals surface area contributed by atoms with Gasteiger partial charge in [0.05, 0.1) is 23.5 Å². The number of ether oxygens (including phenoxy) is 2. The van der Waals surface area contributed by atoms with E-state index < -0.39 is 0 Å². The van der Waals surface area contributed by atoms with Crippen LogP contribution in [0.25, 0.3) is 0 Å². The Balaban J connectivity index is 1.95. The minimum Gasteiger partial charge on any atom is -0.497 e. The van der Waals surface area contributed by atoms with Gasteiger partial charge >= 0.3 is 0 Å². The summed E-state index contributed by atoms with van der Waals surface area (Å²) in [5.41, 5.74) is 6.71. The number of anilines is 2. The predicted molar refractivity (Wildman–Crippen MR) is 88.0 cm³/mol. The third-order valence-corrected chi connectivity index (χ3v) is 3.32. The van der Waals surface area contributed by atoms with Crippen LogP contribution in [0.5, 0.6) is 11.5 Å². The number of hydrogen-bond donors (Lipinski definition) is 2. The van der Waals surface area contributed by atoms with Crippen LogP contribution in [0.1, 0.15) is 0 Å². The first-order valence-electron chi connectivity index (χ1n) is 6.31. The van der Waals surface area contributed by atoms with Crippen molar-refractivity contribution in [2.45, 2.75) is 0 Å². The maximum absolute atomic E-state index is 11.9. The Hall–Kier alpha value is -2.11. The number of carbonyl (C=O) groups excluding carboxylic acids is 1. The Morgan fingerprint density at radius 3 is 2.64 bits per heavy atom. The van der Waals surface area contributed by atoms with Gasteiger partial charge in [-0.1, -0.05) is 23.2 Å². The molecule has 5 nitrogen and oxygen atoms in total. The van der Waals surface area contributed by atoms with Gasteiger partial charge in [0.25, 0.3) is 5.91 Å². The summed E-state index contributed by atoms with van der Waals surface area (Å²) < 4.78 is 10.4. The van der Waals surface area contributed by atoms with E-state index in [9.17, 15) is 4.79 Å². The van der Waals surface area contributed by atoms with Crippen molar-refractivity contribution in [3.63, 3.8) is 0 Å². The fourth-order valence-electron chi connectivity index (χ4n) is 1.70. The molecule has 0 aliphatic carbocycles. The molecule has 2 aromatic carbocycles. The summed E-state index contributed by atoms with van der Waals surface area (Å²) in [5, 5.41) is 3.48. The average molecular weight is 341 g/mol. The first-order chi connectivity index (χ1) is 10.5. The van der Waals surface area contributed by atoms with Gasteiger partial charge in [0.15, 0.2) is 6.61 Å². The van der Waals surface area contributed by atoms with E-state index >= 15 is 0 Å². The van der Waals surface area contributed by atoms with Crippen LogP contribution < -0.4 is 20.5 Å². The van der Waals surface area contributed by atoms with E-state index in [1.165, 1.54) is 13.2 Å². The minimum atomic E-state index is -0.358. The van der Waals surface area contributed by atoms with Gasteiger partial charge in [0.2, 0.25) is 0 Å². The summed E-state index contributed by atoms with van der Waals surface area (Å²) in [7, 11) is 1.54. The molecule has 0 saturated heterocycles. The molecule has 0 aromatic heterocycles. The number of benzene rings is 2. The van der Waals surface area contributed by atoms with Gasteiger partial charge in [-0.2, -0.15) is 0 Å². The van der Waals surface area contributed by atoms with Crippen LogP contribution in [0, 0.1) is 0 Å². The fourth-order valence-corrected chi connectivity index (χ4v) is 2.17. The highest BCUT2D eigenvalue weighted by molar-refractivity contribution is 6.35. The molecular formula is C15H14Cl2N2O3. The molecule has 0 radical (unpaired) electrons. The molecule has 0 atom stereocenters. The van der Waals surface area contributed by atoms with Gasteiger partial charge in [-0.25, -0.2) is 0 Å². The van der Waals surface area contributed by atoms with Crippen molar-refractivity contribution < 1.29 is 14.3 Å². The fraction of sp³-hybridized carbons (Fsp3) is 0.133. The molecule has 0 heterocycles. The number of rotatable bonds is 5. The first kappa shape index (κ1) is 16.3. The highest BCUT2D eigenvalue weighted by Crippen LogP contribution is 2.28. The van der Waals surface area contributed by atoms with E-state index in [2.05, 4.69) is 5.32 Å². The van der Waals surface area contributed by atoms with Crippen molar-refractivity contribution >= 4 is 40.5 Å². The Labute approximate surface area is 137 Å². The molecule has 0 fully saturated rings. The van der Waals surface area contributed by atoms with Crippen molar-refractivity contribution in [1.82, 2.24) is 0 Å². The Morgan fingerprint density at radius 2 is 2.00 bits per heavy atom. The topological polar surface area (TPSA) is 73.6 Å². The first-order valence-corrected chi connectivity index (χ1v) is 7.06. The van der Waals surface area contributed by atoms with Gasteiger partial charge < -0.3 is 20.5 Å². The lowest BCUT2D eigenvalue weighted by molar-refractivity contribution is -0.118. The van der Waals surface area contributed by atoms with E-state index in [-0.39, 0.29) is 12.5 Å². The van der Waals surface area contributed by atoms with E-state index in [1.807, 2.05) is 0 Å². The van der Waals surface area contributed by atoms with E-state index in [0.717, 1.165) is 0 Å². The van der Waals surface area contributed by atoms with Crippen LogP contribution in [0.2, 0.25) is 10.0 Å². The molecule has 2 aromatic rings. The normalized spacial score (nSPS) is 10.1. The van der Waals surface area contributed by atoms with Crippen molar-refractivity contribution in [2.75, 3.05) is 24.8 Å². The molecule has 0 aliphatic heterocycles. The van der Waals surface area contributed by atoms with E-state index in [0.29, 0.717) is 32.9 Å². The number of amides is 1. The summed E-state index contributed by atoms with van der Waals surface area (Å²) in [5.74, 6) is 0.631. The second-order valence-corrected chi connectivity index (χ2v) is 5.21. The Kier molecular flexibility index (Phi) is 5.35. The van der Waals surface area contributed by atoms with Crippen molar-refractivity contribution in [3.8, 4) is 11.5 Å². The molecule has 1 amide bonds. The molecule has 7 heteroatoms. The van der Waals surface area contributed by atoms with Crippen LogP contribution in [-0.2, 0) is 4.79 Å². The van der Waals surface area contributed by atoms with Crippen molar-refractivity contribution in [2.24, 2.45) is 0 Å². The summed E-state index contributed by atoms with van der Waals surface area (Å²) >= 11 is 11.7. The van der Waals surface area contributed by atoms with E-state index in [1.54, 1.807) is 30.3 Å². The largest absolute Gasteiger partial charge is 0.497 e. The van der Waals surface area contributed by atoms with Crippen LogP contribution in [0.3, 0.4) is 0 Å². The number of hydrogen-bond acceptors (Lipinski definition) is 4. The predicted octanol–water partition coefficient (Wildman–Crippen LogP) is 3.60.